The average molecular weight is 530 g/mol. The number of aromatic nitrogens is 1. The van der Waals surface area contributed by atoms with Crippen LogP contribution in [0.2, 0.25) is 5.02 Å². The van der Waals surface area contributed by atoms with Crippen LogP contribution >= 0.6 is 11.6 Å². The van der Waals surface area contributed by atoms with Crippen molar-refractivity contribution in [1.29, 1.82) is 0 Å². The molecule has 0 unspecified atom stereocenters. The van der Waals surface area contributed by atoms with E-state index >= 15 is 0 Å². The number of rotatable bonds is 2. The van der Waals surface area contributed by atoms with E-state index in [-0.39, 0.29) is 16.4 Å². The Morgan fingerprint density at radius 3 is 2.27 bits per heavy atom. The molecule has 196 valence electrons. The number of imide groups is 1. The quantitative estimate of drug-likeness (QED) is 0.381. The molecule has 11 heteroatoms. The highest BCUT2D eigenvalue weighted by molar-refractivity contribution is 6.36. The molecule has 10 nitrogen and oxygen atoms in total. The Hall–Kier alpha value is -3.79. The van der Waals surface area contributed by atoms with E-state index < -0.39 is 29.5 Å². The predicted molar refractivity (Wildman–Crippen MR) is 138 cm³/mol. The molecule has 0 saturated heterocycles. The van der Waals surface area contributed by atoms with Gasteiger partial charge in [-0.15, -0.1) is 0 Å². The normalized spacial score (nSPS) is 13.4. The van der Waals surface area contributed by atoms with Crippen molar-refractivity contribution in [2.75, 3.05) is 16.3 Å². The minimum absolute atomic E-state index is 0.0701. The van der Waals surface area contributed by atoms with Gasteiger partial charge in [0.05, 0.1) is 23.5 Å². The molecule has 0 saturated carbocycles. The zero-order valence-corrected chi connectivity index (χ0v) is 22.2. The number of nitrogens with zero attached hydrogens (tertiary/aromatic N) is 3. The summed E-state index contributed by atoms with van der Waals surface area (Å²) in [4.78, 5) is 44.4. The molecule has 0 aliphatic carbocycles. The standard InChI is InChI=1S/C26H28ClN3O7/c1-25(2,3)36-23(33)30(24(34)37-26(4,5)6)21-19-16(13-35-20(19)17(27)12-28-21)14-7-8-18-15(11-14)9-10-29(18)22(31)32/h7-8,11-13H,9-10H2,1-6H3,(H,31,32). The summed E-state index contributed by atoms with van der Waals surface area (Å²) in [6.45, 7) is 10.4. The molecule has 3 amide bonds. The molecule has 1 aliphatic rings. The van der Waals surface area contributed by atoms with Crippen LogP contribution in [0.3, 0.4) is 0 Å². The van der Waals surface area contributed by atoms with E-state index in [1.807, 2.05) is 6.07 Å². The molecule has 3 heterocycles. The van der Waals surface area contributed by atoms with Crippen molar-refractivity contribution >= 4 is 52.4 Å². The van der Waals surface area contributed by atoms with E-state index in [9.17, 15) is 19.5 Å². The fraction of sp³-hybridized carbons (Fsp3) is 0.385. The topological polar surface area (TPSA) is 122 Å². The number of furan rings is 1. The number of carbonyl (C=O) groups is 3. The van der Waals surface area contributed by atoms with Crippen molar-refractivity contribution in [3.8, 4) is 11.1 Å². The van der Waals surface area contributed by atoms with Crippen LogP contribution in [0, 0.1) is 0 Å². The number of carbonyl (C=O) groups excluding carboxylic acids is 2. The van der Waals surface area contributed by atoms with E-state index in [4.69, 9.17) is 25.5 Å². The van der Waals surface area contributed by atoms with Crippen LogP contribution < -0.4 is 9.80 Å². The van der Waals surface area contributed by atoms with Gasteiger partial charge in [0.15, 0.2) is 11.4 Å². The number of halogens is 1. The maximum absolute atomic E-state index is 13.3. The van der Waals surface area contributed by atoms with E-state index in [2.05, 4.69) is 4.98 Å². The minimum Gasteiger partial charge on any atom is -0.465 e. The minimum atomic E-state index is -1.02. The van der Waals surface area contributed by atoms with Gasteiger partial charge in [0.2, 0.25) is 0 Å². The highest BCUT2D eigenvalue weighted by Crippen LogP contribution is 2.42. The van der Waals surface area contributed by atoms with Crippen LogP contribution in [0.1, 0.15) is 47.1 Å². The molecule has 37 heavy (non-hydrogen) atoms. The SMILES string of the molecule is CC(C)(C)OC(=O)N(C(=O)OC(C)(C)C)c1ncc(Cl)c2occ(-c3ccc4c(c3)CCN4C(=O)O)c12. The van der Waals surface area contributed by atoms with Crippen LogP contribution in [0.25, 0.3) is 22.1 Å². The van der Waals surface area contributed by atoms with Gasteiger partial charge in [-0.1, -0.05) is 17.7 Å². The Kier molecular flexibility index (Phi) is 6.58. The lowest BCUT2D eigenvalue weighted by Crippen LogP contribution is -2.44. The highest BCUT2D eigenvalue weighted by Gasteiger charge is 2.36. The first-order chi connectivity index (χ1) is 17.2. The highest BCUT2D eigenvalue weighted by atomic mass is 35.5. The monoisotopic (exact) mass is 529 g/mol. The first kappa shape index (κ1) is 26.3. The second kappa shape index (κ2) is 9.26. The van der Waals surface area contributed by atoms with Gasteiger partial charge in [-0.3, -0.25) is 4.90 Å². The molecule has 1 N–H and O–H groups in total. The van der Waals surface area contributed by atoms with Gasteiger partial charge in [-0.05, 0) is 71.2 Å². The lowest BCUT2D eigenvalue weighted by atomic mass is 10.0. The fourth-order valence-electron chi connectivity index (χ4n) is 4.01. The summed E-state index contributed by atoms with van der Waals surface area (Å²) in [5.74, 6) is -0.0701. The van der Waals surface area contributed by atoms with E-state index in [1.54, 1.807) is 53.7 Å². The molecular weight excluding hydrogens is 502 g/mol. The van der Waals surface area contributed by atoms with Gasteiger partial charge >= 0.3 is 18.3 Å². The number of hydrogen-bond acceptors (Lipinski definition) is 7. The number of amides is 3. The molecule has 3 aromatic rings. The Labute approximate surface area is 218 Å². The zero-order chi connectivity index (χ0) is 27.3. The summed E-state index contributed by atoms with van der Waals surface area (Å²) in [7, 11) is 0. The largest absolute Gasteiger partial charge is 0.465 e. The Morgan fingerprint density at radius 2 is 1.70 bits per heavy atom. The number of carboxylic acid groups (broad SMARTS) is 1. The van der Waals surface area contributed by atoms with Crippen LogP contribution in [-0.4, -0.2) is 46.1 Å². The van der Waals surface area contributed by atoms with Crippen molar-refractivity contribution in [3.63, 3.8) is 0 Å². The van der Waals surface area contributed by atoms with Crippen molar-refractivity contribution in [3.05, 3.63) is 41.2 Å². The van der Waals surface area contributed by atoms with E-state index in [0.717, 1.165) is 10.5 Å². The number of fused-ring (bicyclic) bond motifs is 2. The number of hydrogen-bond donors (Lipinski definition) is 1. The van der Waals surface area contributed by atoms with Crippen molar-refractivity contribution in [2.24, 2.45) is 0 Å². The van der Waals surface area contributed by atoms with Crippen molar-refractivity contribution < 1.29 is 33.4 Å². The first-order valence-corrected chi connectivity index (χ1v) is 12.0. The summed E-state index contributed by atoms with van der Waals surface area (Å²) in [6.07, 6.45) is 0.298. The van der Waals surface area contributed by atoms with Gasteiger partial charge in [-0.2, -0.15) is 4.90 Å². The Morgan fingerprint density at radius 1 is 1.08 bits per heavy atom. The summed E-state index contributed by atoms with van der Waals surface area (Å²) in [5, 5.41) is 9.92. The number of pyridine rings is 1. The molecule has 1 aliphatic heterocycles. The molecule has 0 atom stereocenters. The fourth-order valence-corrected chi connectivity index (χ4v) is 4.20. The predicted octanol–water partition coefficient (Wildman–Crippen LogP) is 6.87. The molecular formula is C26H28ClN3O7. The maximum atomic E-state index is 13.3. The van der Waals surface area contributed by atoms with Gasteiger partial charge in [0.1, 0.15) is 16.2 Å². The van der Waals surface area contributed by atoms with E-state index in [1.165, 1.54) is 17.4 Å². The van der Waals surface area contributed by atoms with Gasteiger partial charge < -0.3 is 19.0 Å². The molecule has 1 aromatic carbocycles. The number of ether oxygens (including phenoxy) is 2. The Balaban J connectivity index is 1.89. The molecule has 2 aromatic heterocycles. The smallest absolute Gasteiger partial charge is 0.425 e. The lowest BCUT2D eigenvalue weighted by Gasteiger charge is -2.28. The molecule has 0 fully saturated rings. The number of benzene rings is 1. The van der Waals surface area contributed by atoms with Gasteiger partial charge in [-0.25, -0.2) is 19.4 Å². The summed E-state index contributed by atoms with van der Waals surface area (Å²) >= 11 is 6.38. The van der Waals surface area contributed by atoms with Crippen LogP contribution in [0.5, 0.6) is 0 Å². The first-order valence-electron chi connectivity index (χ1n) is 11.6. The molecule has 4 rings (SSSR count). The Bertz CT molecular complexity index is 1370. The molecule has 0 bridgehead atoms. The average Bonchev–Trinajstić information content (AvgIpc) is 3.37. The third-order valence-electron chi connectivity index (χ3n) is 5.41. The van der Waals surface area contributed by atoms with Crippen LogP contribution in [-0.2, 0) is 15.9 Å². The summed E-state index contributed by atoms with van der Waals surface area (Å²) < 4.78 is 16.8. The van der Waals surface area contributed by atoms with Crippen LogP contribution in [0.15, 0.2) is 35.1 Å². The third-order valence-corrected chi connectivity index (χ3v) is 5.68. The van der Waals surface area contributed by atoms with E-state index in [0.29, 0.717) is 35.2 Å². The van der Waals surface area contributed by atoms with Gasteiger partial charge in [0, 0.05) is 12.1 Å². The van der Waals surface area contributed by atoms with Crippen LogP contribution in [0.4, 0.5) is 25.9 Å². The maximum Gasteiger partial charge on any atom is 0.425 e. The second-order valence-electron chi connectivity index (χ2n) is 10.6. The summed E-state index contributed by atoms with van der Waals surface area (Å²) in [5.41, 5.74) is 1.02. The van der Waals surface area contributed by atoms with Crippen molar-refractivity contribution in [1.82, 2.24) is 4.98 Å². The lowest BCUT2D eigenvalue weighted by molar-refractivity contribution is 0.0429. The van der Waals surface area contributed by atoms with Crippen molar-refractivity contribution in [2.45, 2.75) is 59.2 Å². The van der Waals surface area contributed by atoms with Gasteiger partial charge in [0.25, 0.3) is 0 Å². The number of anilines is 2. The zero-order valence-electron chi connectivity index (χ0n) is 21.4. The molecule has 0 spiro atoms. The third kappa shape index (κ3) is 5.34. The summed E-state index contributed by atoms with van der Waals surface area (Å²) in [6, 6.07) is 5.29. The second-order valence-corrected chi connectivity index (χ2v) is 11.0. The molecule has 0 radical (unpaired) electrons.